The monoisotopic (exact) mass is 515 g/mol. The van der Waals surface area contributed by atoms with E-state index in [-0.39, 0.29) is 28.2 Å². The molecule has 174 valence electrons. The largest absolute Gasteiger partial charge is 0.463 e. The predicted molar refractivity (Wildman–Crippen MR) is 134 cm³/mol. The molecule has 0 radical (unpaired) electrons. The summed E-state index contributed by atoms with van der Waals surface area (Å²) in [4.78, 5) is 39.1. The highest BCUT2D eigenvalue weighted by atomic mass is 35.5. The number of nitrogens with two attached hydrogens (primary N) is 2. The Morgan fingerprint density at radius 2 is 1.65 bits per heavy atom. The quantitative estimate of drug-likeness (QED) is 0.505. The second-order valence-corrected chi connectivity index (χ2v) is 9.29. The van der Waals surface area contributed by atoms with Gasteiger partial charge in [-0.15, -0.1) is 11.3 Å². The zero-order valence-corrected chi connectivity index (χ0v) is 20.2. The van der Waals surface area contributed by atoms with Crippen LogP contribution in [0.2, 0.25) is 10.0 Å². The number of amides is 1. The highest BCUT2D eigenvalue weighted by Gasteiger charge is 2.38. The Morgan fingerprint density at radius 1 is 1.06 bits per heavy atom. The van der Waals surface area contributed by atoms with Crippen molar-refractivity contribution < 1.29 is 14.3 Å². The van der Waals surface area contributed by atoms with Gasteiger partial charge in [-0.1, -0.05) is 47.5 Å². The van der Waals surface area contributed by atoms with Crippen molar-refractivity contribution in [2.45, 2.75) is 12.8 Å². The summed E-state index contributed by atoms with van der Waals surface area (Å²) in [6.07, 6.45) is 1.65. The van der Waals surface area contributed by atoms with Crippen LogP contribution in [0.5, 0.6) is 0 Å². The Morgan fingerprint density at radius 3 is 2.21 bits per heavy atom. The van der Waals surface area contributed by atoms with Crippen molar-refractivity contribution >= 4 is 63.9 Å². The number of hydrogen-bond acceptors (Lipinski definition) is 6. The molecule has 34 heavy (non-hydrogen) atoms. The average molecular weight is 516 g/mol. The fourth-order valence-electron chi connectivity index (χ4n) is 3.80. The molecule has 0 bridgehead atoms. The molecule has 0 saturated carbocycles. The molecular weight excluding hydrogens is 497 g/mol. The number of esters is 1. The van der Waals surface area contributed by atoms with Crippen LogP contribution in [0.3, 0.4) is 0 Å². The van der Waals surface area contributed by atoms with Gasteiger partial charge >= 0.3 is 5.97 Å². The van der Waals surface area contributed by atoms with Crippen LogP contribution >= 0.6 is 34.5 Å². The molecule has 3 aromatic rings. The summed E-state index contributed by atoms with van der Waals surface area (Å²) in [6, 6.07) is 13.5. The highest BCUT2D eigenvalue weighted by molar-refractivity contribution is 7.07. The molecule has 1 atom stereocenters. The van der Waals surface area contributed by atoms with Gasteiger partial charge in [0.1, 0.15) is 10.5 Å². The number of halogens is 2. The number of thiazole rings is 1. The molecule has 0 spiro atoms. The Bertz CT molecular complexity index is 1500. The highest BCUT2D eigenvalue weighted by Crippen LogP contribution is 2.37. The van der Waals surface area contributed by atoms with Gasteiger partial charge < -0.3 is 16.2 Å². The minimum atomic E-state index is -0.935. The summed E-state index contributed by atoms with van der Waals surface area (Å²) in [5.41, 5.74) is 13.0. The molecule has 1 amide bonds. The summed E-state index contributed by atoms with van der Waals surface area (Å²) in [6.45, 7) is 1.73. The van der Waals surface area contributed by atoms with E-state index >= 15 is 0 Å². The van der Waals surface area contributed by atoms with Crippen molar-refractivity contribution in [3.63, 3.8) is 0 Å². The van der Waals surface area contributed by atoms with Crippen LogP contribution in [0.1, 0.15) is 24.0 Å². The fourth-order valence-corrected chi connectivity index (χ4v) is 5.23. The van der Waals surface area contributed by atoms with Crippen LogP contribution in [0.25, 0.3) is 17.5 Å². The maximum absolute atomic E-state index is 13.3. The Hall–Kier alpha value is -3.33. The topological polar surface area (TPSA) is 117 Å². The van der Waals surface area contributed by atoms with Gasteiger partial charge in [0.15, 0.2) is 0 Å². The third kappa shape index (κ3) is 4.27. The Balaban J connectivity index is 2.08. The number of benzene rings is 2. The summed E-state index contributed by atoms with van der Waals surface area (Å²) < 4.78 is 6.92. The Kier molecular flexibility index (Phi) is 6.65. The maximum Gasteiger partial charge on any atom is 0.338 e. The molecule has 2 aromatic carbocycles. The number of ether oxygens (including phenoxy) is 1. The molecule has 4 rings (SSSR count). The van der Waals surface area contributed by atoms with E-state index in [9.17, 15) is 14.4 Å². The molecular formula is C24H19Cl2N3O4S. The number of primary amides is 1. The van der Waals surface area contributed by atoms with Crippen LogP contribution in [0.15, 0.2) is 58.9 Å². The molecule has 10 heteroatoms. The van der Waals surface area contributed by atoms with Crippen molar-refractivity contribution in [3.05, 3.63) is 94.8 Å². The van der Waals surface area contributed by atoms with Gasteiger partial charge in [0.2, 0.25) is 5.91 Å². The first kappa shape index (κ1) is 23.8. The summed E-state index contributed by atoms with van der Waals surface area (Å²) >= 11 is 13.0. The van der Waals surface area contributed by atoms with E-state index in [1.807, 2.05) is 0 Å². The third-order valence-corrected chi connectivity index (χ3v) is 6.89. The van der Waals surface area contributed by atoms with Gasteiger partial charge in [0, 0.05) is 10.0 Å². The molecule has 1 unspecified atom stereocenters. The van der Waals surface area contributed by atoms with E-state index in [1.54, 1.807) is 61.5 Å². The van der Waals surface area contributed by atoms with Crippen molar-refractivity contribution in [3.8, 4) is 0 Å². The molecule has 0 fully saturated rings. The zero-order valence-electron chi connectivity index (χ0n) is 17.9. The lowest BCUT2D eigenvalue weighted by molar-refractivity contribution is -0.138. The molecule has 2 heterocycles. The van der Waals surface area contributed by atoms with Gasteiger partial charge in [-0.2, -0.15) is 0 Å². The van der Waals surface area contributed by atoms with Crippen LogP contribution in [0, 0.1) is 0 Å². The summed E-state index contributed by atoms with van der Waals surface area (Å²) in [5, 5.41) is 1.03. The first-order valence-corrected chi connectivity index (χ1v) is 11.8. The lowest BCUT2D eigenvalue weighted by Gasteiger charge is -2.26. The smallest absolute Gasteiger partial charge is 0.338 e. The van der Waals surface area contributed by atoms with E-state index in [0.717, 1.165) is 21.5 Å². The standard InChI is InChI=1S/C24H19Cl2N3O4S/c1-2-33-24(32)18-17(13-5-9-15(26)10-6-13)19(21(28)30)23-29(20(18)27)22(31)16(34-23)11-12-3-7-14(25)8-4-12/h3-11,17H,2,27H2,1H3,(H2,28,30)/b16-11+. The number of nitrogens with zero attached hydrogens (tertiary/aromatic N) is 1. The van der Waals surface area contributed by atoms with Gasteiger partial charge in [-0.05, 0) is 48.4 Å². The van der Waals surface area contributed by atoms with E-state index in [4.69, 9.17) is 39.4 Å². The van der Waals surface area contributed by atoms with Gasteiger partial charge in [0.05, 0.1) is 28.2 Å². The molecule has 0 saturated heterocycles. The van der Waals surface area contributed by atoms with Crippen molar-refractivity contribution in [2.24, 2.45) is 11.5 Å². The predicted octanol–water partition coefficient (Wildman–Crippen LogP) is 2.17. The molecule has 4 N–H and O–H groups in total. The molecule has 0 aliphatic carbocycles. The number of carbonyl (C=O) groups excluding carboxylic acids is 2. The zero-order chi connectivity index (χ0) is 24.6. The number of hydrogen-bond donors (Lipinski definition) is 2. The van der Waals surface area contributed by atoms with Crippen molar-refractivity contribution in [1.29, 1.82) is 0 Å². The molecule has 1 aliphatic rings. The van der Waals surface area contributed by atoms with Crippen LogP contribution < -0.4 is 26.2 Å². The number of carbonyl (C=O) groups is 2. The SMILES string of the molecule is CCOC(=O)C1=C(N)n2c(s/c(=C/c3ccc(Cl)cc3)c2=O)=C(C(N)=O)C1c1ccc(Cl)cc1. The van der Waals surface area contributed by atoms with Crippen LogP contribution in [0.4, 0.5) is 0 Å². The second kappa shape index (κ2) is 9.50. The fraction of sp³-hybridized carbons (Fsp3) is 0.125. The number of rotatable bonds is 5. The number of aromatic nitrogens is 1. The van der Waals surface area contributed by atoms with E-state index in [2.05, 4.69) is 0 Å². The first-order valence-electron chi connectivity index (χ1n) is 10.2. The minimum Gasteiger partial charge on any atom is -0.463 e. The van der Waals surface area contributed by atoms with E-state index in [1.165, 1.54) is 0 Å². The van der Waals surface area contributed by atoms with Gasteiger partial charge in [-0.3, -0.25) is 14.2 Å². The van der Waals surface area contributed by atoms with Crippen LogP contribution in [-0.2, 0) is 14.3 Å². The molecule has 1 aliphatic heterocycles. The van der Waals surface area contributed by atoms with Crippen molar-refractivity contribution in [2.75, 3.05) is 6.61 Å². The molecule has 7 nitrogen and oxygen atoms in total. The summed E-state index contributed by atoms with van der Waals surface area (Å²) in [5.74, 6) is -2.58. The minimum absolute atomic E-state index is 0.0385. The number of fused-ring (bicyclic) bond motifs is 1. The lowest BCUT2D eigenvalue weighted by Crippen LogP contribution is -2.42. The van der Waals surface area contributed by atoms with Gasteiger partial charge in [-0.25, -0.2) is 4.79 Å². The van der Waals surface area contributed by atoms with Gasteiger partial charge in [0.25, 0.3) is 5.56 Å². The second-order valence-electron chi connectivity index (χ2n) is 7.39. The van der Waals surface area contributed by atoms with E-state index < -0.39 is 23.4 Å². The average Bonchev–Trinajstić information content (AvgIpc) is 3.11. The maximum atomic E-state index is 13.3. The first-order chi connectivity index (χ1) is 16.2. The van der Waals surface area contributed by atoms with Crippen molar-refractivity contribution in [1.82, 2.24) is 4.57 Å². The third-order valence-electron chi connectivity index (χ3n) is 5.28. The Labute approximate surface area is 208 Å². The molecule has 1 aromatic heterocycles. The van der Waals surface area contributed by atoms with E-state index in [0.29, 0.717) is 20.1 Å². The van der Waals surface area contributed by atoms with Crippen LogP contribution in [-0.4, -0.2) is 23.1 Å². The lowest BCUT2D eigenvalue weighted by atomic mass is 9.83. The normalized spacial score (nSPS) is 15.9. The summed E-state index contributed by atoms with van der Waals surface area (Å²) in [7, 11) is 0.